The van der Waals surface area contributed by atoms with Gasteiger partial charge in [0.15, 0.2) is 6.61 Å². The summed E-state index contributed by atoms with van der Waals surface area (Å²) in [5.74, 6) is 2.89. The molecule has 0 saturated carbocycles. The number of benzene rings is 1. The third kappa shape index (κ3) is 5.88. The van der Waals surface area contributed by atoms with Gasteiger partial charge in [0.1, 0.15) is 5.75 Å². The van der Waals surface area contributed by atoms with E-state index in [4.69, 9.17) is 11.2 Å². The van der Waals surface area contributed by atoms with E-state index >= 15 is 0 Å². The maximum Gasteiger partial charge on any atom is 0.258 e. The van der Waals surface area contributed by atoms with E-state index in [-0.39, 0.29) is 25.1 Å². The lowest BCUT2D eigenvalue weighted by atomic mass is 10.0. The van der Waals surface area contributed by atoms with Crippen LogP contribution in [-0.2, 0) is 4.79 Å². The van der Waals surface area contributed by atoms with Crippen LogP contribution in [0.4, 0.5) is 0 Å². The zero-order valence-electron chi connectivity index (χ0n) is 13.0. The van der Waals surface area contributed by atoms with Gasteiger partial charge in [-0.1, -0.05) is 25.0 Å². The summed E-state index contributed by atoms with van der Waals surface area (Å²) in [7, 11) is 0. The summed E-state index contributed by atoms with van der Waals surface area (Å²) in [6.45, 7) is 7.35. The SMILES string of the molecule is C#CCNC(=O)COc1cc(C)ccc1C(C)NCCC. The Balaban J connectivity index is 2.73. The van der Waals surface area contributed by atoms with E-state index in [0.29, 0.717) is 0 Å². The molecule has 114 valence electrons. The van der Waals surface area contributed by atoms with Crippen molar-refractivity contribution in [1.29, 1.82) is 0 Å². The first kappa shape index (κ1) is 17.1. The van der Waals surface area contributed by atoms with Gasteiger partial charge in [-0.2, -0.15) is 0 Å². The number of carbonyl (C=O) groups excluding carboxylic acids is 1. The van der Waals surface area contributed by atoms with Crippen LogP contribution in [-0.4, -0.2) is 25.6 Å². The summed E-state index contributed by atoms with van der Waals surface area (Å²) >= 11 is 0. The first-order valence-corrected chi connectivity index (χ1v) is 7.25. The number of terminal acetylenes is 1. The summed E-state index contributed by atoms with van der Waals surface area (Å²) in [6, 6.07) is 6.21. The van der Waals surface area contributed by atoms with Crippen molar-refractivity contribution in [3.05, 3.63) is 29.3 Å². The van der Waals surface area contributed by atoms with Crippen LogP contribution in [0, 0.1) is 19.3 Å². The molecule has 2 N–H and O–H groups in total. The molecule has 0 aliphatic carbocycles. The van der Waals surface area contributed by atoms with Crippen LogP contribution in [0.5, 0.6) is 5.75 Å². The number of hydrogen-bond acceptors (Lipinski definition) is 3. The minimum atomic E-state index is -0.213. The van der Waals surface area contributed by atoms with Gasteiger partial charge in [0.2, 0.25) is 0 Å². The Kier molecular flexibility index (Phi) is 7.34. The van der Waals surface area contributed by atoms with Gasteiger partial charge >= 0.3 is 0 Å². The minimum absolute atomic E-state index is 0.0291. The maximum absolute atomic E-state index is 11.6. The van der Waals surface area contributed by atoms with E-state index in [9.17, 15) is 4.79 Å². The second-order valence-corrected chi connectivity index (χ2v) is 4.99. The van der Waals surface area contributed by atoms with Crippen molar-refractivity contribution in [2.45, 2.75) is 33.2 Å². The standard InChI is InChI=1S/C17H24N2O2/c1-5-9-18-14(4)15-8-7-13(3)11-16(15)21-12-17(20)19-10-6-2/h2,7-8,11,14,18H,5,9-10,12H2,1,3-4H3,(H,19,20). The minimum Gasteiger partial charge on any atom is -0.483 e. The second-order valence-electron chi connectivity index (χ2n) is 4.99. The van der Waals surface area contributed by atoms with Gasteiger partial charge in [-0.15, -0.1) is 6.42 Å². The fourth-order valence-corrected chi connectivity index (χ4v) is 1.94. The summed E-state index contributed by atoms with van der Waals surface area (Å²) in [6.07, 6.45) is 6.17. The van der Waals surface area contributed by atoms with Gasteiger partial charge in [-0.05, 0) is 38.4 Å². The first-order chi connectivity index (χ1) is 10.1. The zero-order chi connectivity index (χ0) is 15.7. The van der Waals surface area contributed by atoms with E-state index < -0.39 is 0 Å². The summed E-state index contributed by atoms with van der Waals surface area (Å²) < 4.78 is 5.66. The third-order valence-electron chi connectivity index (χ3n) is 3.08. The number of carbonyl (C=O) groups is 1. The Morgan fingerprint density at radius 3 is 2.90 bits per heavy atom. The molecule has 0 radical (unpaired) electrons. The predicted octanol–water partition coefficient (Wildman–Crippen LogP) is 2.18. The molecule has 4 heteroatoms. The first-order valence-electron chi connectivity index (χ1n) is 7.25. The van der Waals surface area contributed by atoms with Crippen molar-refractivity contribution in [2.24, 2.45) is 0 Å². The van der Waals surface area contributed by atoms with Gasteiger partial charge in [0, 0.05) is 11.6 Å². The second kappa shape index (κ2) is 9.04. The normalized spacial score (nSPS) is 11.5. The molecule has 1 aromatic carbocycles. The highest BCUT2D eigenvalue weighted by atomic mass is 16.5. The van der Waals surface area contributed by atoms with Gasteiger partial charge in [0.05, 0.1) is 6.54 Å². The van der Waals surface area contributed by atoms with E-state index in [1.54, 1.807) is 0 Å². The molecular formula is C17H24N2O2. The molecule has 0 aliphatic rings. The number of aryl methyl sites for hydroxylation is 1. The molecule has 4 nitrogen and oxygen atoms in total. The molecule has 0 spiro atoms. The van der Waals surface area contributed by atoms with Crippen molar-refractivity contribution in [2.75, 3.05) is 19.7 Å². The van der Waals surface area contributed by atoms with Crippen LogP contribution in [0.2, 0.25) is 0 Å². The van der Waals surface area contributed by atoms with E-state index in [2.05, 4.69) is 30.4 Å². The van der Waals surface area contributed by atoms with E-state index in [1.807, 2.05) is 25.1 Å². The molecule has 21 heavy (non-hydrogen) atoms. The van der Waals surface area contributed by atoms with Gasteiger partial charge in [-0.3, -0.25) is 4.79 Å². The number of nitrogens with one attached hydrogen (secondary N) is 2. The summed E-state index contributed by atoms with van der Waals surface area (Å²) in [5, 5.41) is 6.01. The van der Waals surface area contributed by atoms with Gasteiger partial charge in [-0.25, -0.2) is 0 Å². The fraction of sp³-hybridized carbons (Fsp3) is 0.471. The number of hydrogen-bond donors (Lipinski definition) is 2. The fourth-order valence-electron chi connectivity index (χ4n) is 1.94. The largest absolute Gasteiger partial charge is 0.483 e. The lowest BCUT2D eigenvalue weighted by Gasteiger charge is -2.18. The Morgan fingerprint density at radius 2 is 2.24 bits per heavy atom. The molecule has 0 saturated heterocycles. The average Bonchev–Trinajstić information content (AvgIpc) is 2.48. The Hall–Kier alpha value is -1.99. The van der Waals surface area contributed by atoms with Crippen LogP contribution in [0.1, 0.15) is 37.4 Å². The van der Waals surface area contributed by atoms with Crippen molar-refractivity contribution >= 4 is 5.91 Å². The van der Waals surface area contributed by atoms with Crippen LogP contribution in [0.3, 0.4) is 0 Å². The molecule has 1 unspecified atom stereocenters. The smallest absolute Gasteiger partial charge is 0.258 e. The highest BCUT2D eigenvalue weighted by molar-refractivity contribution is 5.77. The van der Waals surface area contributed by atoms with Gasteiger partial charge in [0.25, 0.3) is 5.91 Å². The number of amides is 1. The Morgan fingerprint density at radius 1 is 1.48 bits per heavy atom. The Labute approximate surface area is 127 Å². The van der Waals surface area contributed by atoms with Crippen molar-refractivity contribution in [1.82, 2.24) is 10.6 Å². The molecule has 0 heterocycles. The molecule has 0 aromatic heterocycles. The lowest BCUT2D eigenvalue weighted by Crippen LogP contribution is -2.29. The molecule has 1 amide bonds. The highest BCUT2D eigenvalue weighted by Crippen LogP contribution is 2.26. The molecular weight excluding hydrogens is 264 g/mol. The summed E-state index contributed by atoms with van der Waals surface area (Å²) in [5.41, 5.74) is 2.15. The molecule has 1 atom stereocenters. The molecule has 0 aliphatic heterocycles. The number of rotatable bonds is 8. The van der Waals surface area contributed by atoms with Crippen molar-refractivity contribution in [3.8, 4) is 18.1 Å². The van der Waals surface area contributed by atoms with Crippen LogP contribution in [0.25, 0.3) is 0 Å². The highest BCUT2D eigenvalue weighted by Gasteiger charge is 2.12. The van der Waals surface area contributed by atoms with E-state index in [1.165, 1.54) is 0 Å². The van der Waals surface area contributed by atoms with Crippen LogP contribution < -0.4 is 15.4 Å². The molecule has 0 fully saturated rings. The van der Waals surface area contributed by atoms with E-state index in [0.717, 1.165) is 29.8 Å². The predicted molar refractivity (Wildman–Crippen MR) is 85.2 cm³/mol. The van der Waals surface area contributed by atoms with Crippen LogP contribution >= 0.6 is 0 Å². The van der Waals surface area contributed by atoms with Crippen molar-refractivity contribution in [3.63, 3.8) is 0 Å². The Bertz CT molecular complexity index is 506. The number of ether oxygens (including phenoxy) is 1. The third-order valence-corrected chi connectivity index (χ3v) is 3.08. The quantitative estimate of drug-likeness (QED) is 0.721. The topological polar surface area (TPSA) is 50.4 Å². The monoisotopic (exact) mass is 288 g/mol. The van der Waals surface area contributed by atoms with Crippen LogP contribution in [0.15, 0.2) is 18.2 Å². The zero-order valence-corrected chi connectivity index (χ0v) is 13.0. The summed E-state index contributed by atoms with van der Waals surface area (Å²) in [4.78, 5) is 11.6. The molecule has 1 rings (SSSR count). The molecule has 1 aromatic rings. The maximum atomic E-state index is 11.6. The van der Waals surface area contributed by atoms with Crippen molar-refractivity contribution < 1.29 is 9.53 Å². The lowest BCUT2D eigenvalue weighted by molar-refractivity contribution is -0.122. The van der Waals surface area contributed by atoms with Gasteiger partial charge < -0.3 is 15.4 Å². The average molecular weight is 288 g/mol. The molecule has 0 bridgehead atoms.